The molecule has 3 rings (SSSR count). The number of non-ortho nitro benzene ring substituents is 1. The number of para-hydroxylation sites is 1. The molecule has 1 aliphatic heterocycles. The number of nitro groups is 1. The molecule has 0 radical (unpaired) electrons. The van der Waals surface area contributed by atoms with Crippen molar-refractivity contribution in [3.63, 3.8) is 0 Å². The van der Waals surface area contributed by atoms with Crippen molar-refractivity contribution in [1.29, 1.82) is 5.26 Å². The van der Waals surface area contributed by atoms with E-state index in [1.165, 1.54) is 25.3 Å². The van der Waals surface area contributed by atoms with Crippen LogP contribution in [0.5, 0.6) is 5.75 Å². The van der Waals surface area contributed by atoms with E-state index in [2.05, 4.69) is 10.6 Å². The Labute approximate surface area is 243 Å². The topological polar surface area (TPSA) is 173 Å². The number of carbonyl (C=O) groups is 2. The number of ether oxygens (including phenoxy) is 3. The zero-order valence-electron chi connectivity index (χ0n) is 24.1. The van der Waals surface area contributed by atoms with Crippen LogP contribution < -0.4 is 15.4 Å². The molecule has 1 aliphatic rings. The van der Waals surface area contributed by atoms with E-state index in [0.717, 1.165) is 0 Å². The van der Waals surface area contributed by atoms with Crippen LogP contribution in [0.4, 0.5) is 5.69 Å². The van der Waals surface area contributed by atoms with Crippen LogP contribution in [0, 0.1) is 21.4 Å². The maximum atomic E-state index is 13.5. The maximum absolute atomic E-state index is 13.5. The molecular formula is C30H34N4O8. The summed E-state index contributed by atoms with van der Waals surface area (Å²) in [5, 5.41) is 37.2. The lowest BCUT2D eigenvalue weighted by Gasteiger charge is -2.32. The maximum Gasteiger partial charge on any atom is 0.336 e. The molecule has 2 atom stereocenters. The van der Waals surface area contributed by atoms with Crippen molar-refractivity contribution in [2.75, 3.05) is 26.9 Å². The molecule has 222 valence electrons. The van der Waals surface area contributed by atoms with Crippen LogP contribution in [0.2, 0.25) is 0 Å². The van der Waals surface area contributed by atoms with Crippen LogP contribution in [0.3, 0.4) is 0 Å². The highest BCUT2D eigenvalue weighted by atomic mass is 16.6. The van der Waals surface area contributed by atoms with Crippen molar-refractivity contribution in [2.24, 2.45) is 0 Å². The number of dihydropyridines is 1. The Morgan fingerprint density at radius 1 is 1.14 bits per heavy atom. The van der Waals surface area contributed by atoms with Gasteiger partial charge in [0.1, 0.15) is 31.1 Å². The van der Waals surface area contributed by atoms with E-state index in [4.69, 9.17) is 14.2 Å². The molecule has 0 bridgehead atoms. The first-order chi connectivity index (χ1) is 19.9. The number of hydrogen-bond donors (Lipinski definition) is 3. The summed E-state index contributed by atoms with van der Waals surface area (Å²) < 4.78 is 16.2. The van der Waals surface area contributed by atoms with Gasteiger partial charge < -0.3 is 30.0 Å². The van der Waals surface area contributed by atoms with Gasteiger partial charge in [-0.15, -0.1) is 0 Å². The number of nitriles is 1. The Morgan fingerprint density at radius 3 is 2.45 bits per heavy atom. The second-order valence-electron chi connectivity index (χ2n) is 10.4. The lowest BCUT2D eigenvalue weighted by Crippen LogP contribution is -2.48. The monoisotopic (exact) mass is 578 g/mol. The summed E-state index contributed by atoms with van der Waals surface area (Å²) in [6, 6.07) is 14.5. The minimum absolute atomic E-state index is 0.0633. The van der Waals surface area contributed by atoms with Crippen molar-refractivity contribution in [3.8, 4) is 11.8 Å². The lowest BCUT2D eigenvalue weighted by atomic mass is 9.80. The van der Waals surface area contributed by atoms with Gasteiger partial charge in [-0.05, 0) is 45.4 Å². The molecule has 12 nitrogen and oxygen atoms in total. The first-order valence-electron chi connectivity index (χ1n) is 13.1. The van der Waals surface area contributed by atoms with Gasteiger partial charge in [0.2, 0.25) is 0 Å². The molecule has 2 unspecified atom stereocenters. The highest BCUT2D eigenvalue weighted by Crippen LogP contribution is 2.40. The molecule has 0 saturated carbocycles. The Balaban J connectivity index is 1.73. The SMILES string of the molecule is COC(=O)C1=C(C)NC(C)=C(C(=O)OCC(C)(C)NCC(O)COc2ccccc2C#N)C1c1cccc([N+](=O)[O-])c1. The van der Waals surface area contributed by atoms with E-state index in [1.54, 1.807) is 58.0 Å². The van der Waals surface area contributed by atoms with Crippen molar-refractivity contribution >= 4 is 17.6 Å². The number of β-amino-alcohol motifs (C(OH)–C–C–N with tert-alkyl or cyclic N) is 1. The molecule has 1 heterocycles. The number of rotatable bonds is 12. The van der Waals surface area contributed by atoms with Gasteiger partial charge in [0.05, 0.1) is 34.7 Å². The predicted molar refractivity (Wildman–Crippen MR) is 152 cm³/mol. The Bertz CT molecular complexity index is 1460. The summed E-state index contributed by atoms with van der Waals surface area (Å²) in [5.74, 6) is -2.02. The summed E-state index contributed by atoms with van der Waals surface area (Å²) in [7, 11) is 1.21. The smallest absolute Gasteiger partial charge is 0.336 e. The highest BCUT2D eigenvalue weighted by Gasteiger charge is 2.39. The number of aliphatic hydroxyl groups is 1. The van der Waals surface area contributed by atoms with E-state index >= 15 is 0 Å². The number of benzene rings is 2. The van der Waals surface area contributed by atoms with Crippen LogP contribution in [0.15, 0.2) is 71.1 Å². The number of esters is 2. The van der Waals surface area contributed by atoms with Gasteiger partial charge >= 0.3 is 11.9 Å². The lowest BCUT2D eigenvalue weighted by molar-refractivity contribution is -0.384. The summed E-state index contributed by atoms with van der Waals surface area (Å²) in [5.41, 5.74) is 0.861. The van der Waals surface area contributed by atoms with E-state index in [0.29, 0.717) is 28.3 Å². The van der Waals surface area contributed by atoms with Crippen LogP contribution >= 0.6 is 0 Å². The Morgan fingerprint density at radius 2 is 1.81 bits per heavy atom. The minimum atomic E-state index is -0.975. The average Bonchev–Trinajstić information content (AvgIpc) is 2.97. The van der Waals surface area contributed by atoms with Gasteiger partial charge in [-0.3, -0.25) is 10.1 Å². The second kappa shape index (κ2) is 13.8. The van der Waals surface area contributed by atoms with E-state index in [-0.39, 0.29) is 36.6 Å². The number of nitro benzene ring substituents is 1. The normalized spacial score (nSPS) is 15.8. The third kappa shape index (κ3) is 7.72. The Kier molecular flexibility index (Phi) is 10.4. The summed E-state index contributed by atoms with van der Waals surface area (Å²) in [6.07, 6.45) is -0.923. The molecule has 3 N–H and O–H groups in total. The molecule has 0 spiro atoms. The Hall–Kier alpha value is -4.73. The third-order valence-electron chi connectivity index (χ3n) is 6.62. The number of aliphatic hydroxyl groups excluding tert-OH is 1. The summed E-state index contributed by atoms with van der Waals surface area (Å²) in [6.45, 7) is 6.80. The second-order valence-corrected chi connectivity index (χ2v) is 10.4. The third-order valence-corrected chi connectivity index (χ3v) is 6.62. The van der Waals surface area contributed by atoms with E-state index in [1.807, 2.05) is 6.07 Å². The van der Waals surface area contributed by atoms with Crippen molar-refractivity contribution in [1.82, 2.24) is 10.6 Å². The van der Waals surface area contributed by atoms with Gasteiger partial charge in [0, 0.05) is 35.6 Å². The van der Waals surface area contributed by atoms with Gasteiger partial charge in [-0.25, -0.2) is 9.59 Å². The first-order valence-corrected chi connectivity index (χ1v) is 13.1. The van der Waals surface area contributed by atoms with Gasteiger partial charge in [0.25, 0.3) is 5.69 Å². The highest BCUT2D eigenvalue weighted by molar-refractivity contribution is 5.99. The van der Waals surface area contributed by atoms with Crippen molar-refractivity contribution in [3.05, 3.63) is 92.3 Å². The number of methoxy groups -OCH3 is 1. The van der Waals surface area contributed by atoms with Crippen molar-refractivity contribution in [2.45, 2.75) is 45.3 Å². The van der Waals surface area contributed by atoms with Gasteiger partial charge in [-0.2, -0.15) is 5.26 Å². The standard InChI is InChI=1S/C30H34N4O8/c1-18-25(28(36)40-5)27(20-10-8-11-22(13-20)34(38)39)26(19(2)33-18)29(37)42-17-30(3,4)32-15-23(35)16-41-24-12-7-6-9-21(24)14-31/h6-13,23,27,32-33,35H,15-17H2,1-5H3. The molecule has 0 aromatic heterocycles. The fraction of sp³-hybridized carbons (Fsp3) is 0.367. The quantitative estimate of drug-likeness (QED) is 0.192. The van der Waals surface area contributed by atoms with Crippen LogP contribution in [-0.4, -0.2) is 60.5 Å². The zero-order chi connectivity index (χ0) is 31.0. The molecule has 0 amide bonds. The molecule has 2 aromatic carbocycles. The van der Waals surface area contributed by atoms with Crippen LogP contribution in [0.1, 0.15) is 44.7 Å². The number of hydrogen-bond acceptors (Lipinski definition) is 11. The summed E-state index contributed by atoms with van der Waals surface area (Å²) >= 11 is 0. The molecular weight excluding hydrogens is 544 g/mol. The molecule has 2 aromatic rings. The zero-order valence-corrected chi connectivity index (χ0v) is 24.1. The van der Waals surface area contributed by atoms with Gasteiger partial charge in [0.15, 0.2) is 0 Å². The number of carbonyl (C=O) groups excluding carboxylic acids is 2. The first kappa shape index (κ1) is 31.8. The fourth-order valence-corrected chi connectivity index (χ4v) is 4.49. The fourth-order valence-electron chi connectivity index (χ4n) is 4.49. The number of allylic oxidation sites excluding steroid dienone is 2. The summed E-state index contributed by atoms with van der Waals surface area (Å²) in [4.78, 5) is 37.2. The van der Waals surface area contributed by atoms with Crippen LogP contribution in [0.25, 0.3) is 0 Å². The number of nitrogens with one attached hydrogen (secondary N) is 2. The number of nitrogens with zero attached hydrogens (tertiary/aromatic N) is 2. The molecule has 0 saturated heterocycles. The van der Waals surface area contributed by atoms with E-state index < -0.39 is 34.4 Å². The molecule has 42 heavy (non-hydrogen) atoms. The molecule has 0 aliphatic carbocycles. The predicted octanol–water partition coefficient (Wildman–Crippen LogP) is 3.23. The van der Waals surface area contributed by atoms with Crippen LogP contribution in [-0.2, 0) is 19.1 Å². The molecule has 12 heteroatoms. The van der Waals surface area contributed by atoms with Crippen molar-refractivity contribution < 1.29 is 33.8 Å². The average molecular weight is 579 g/mol. The molecule has 0 fully saturated rings. The largest absolute Gasteiger partial charge is 0.489 e. The van der Waals surface area contributed by atoms with Gasteiger partial charge in [-0.1, -0.05) is 24.3 Å². The van der Waals surface area contributed by atoms with E-state index in [9.17, 15) is 30.1 Å². The minimum Gasteiger partial charge on any atom is -0.489 e.